The van der Waals surface area contributed by atoms with Gasteiger partial charge in [-0.05, 0) is 81.1 Å². The van der Waals surface area contributed by atoms with Crippen LogP contribution in [0, 0.1) is 19.8 Å². The molecule has 1 aliphatic heterocycles. The molecular formula is C25H30ClN3O4S2. The number of rotatable bonds is 7. The van der Waals surface area contributed by atoms with Gasteiger partial charge in [-0.2, -0.15) is 9.30 Å². The van der Waals surface area contributed by atoms with Crippen molar-refractivity contribution in [1.29, 1.82) is 0 Å². The third-order valence-electron chi connectivity index (χ3n) is 6.42. The van der Waals surface area contributed by atoms with Crippen molar-refractivity contribution in [2.75, 3.05) is 26.3 Å². The molecule has 0 saturated carbocycles. The van der Waals surface area contributed by atoms with Gasteiger partial charge in [-0.1, -0.05) is 22.9 Å². The fourth-order valence-corrected chi connectivity index (χ4v) is 6.94. The van der Waals surface area contributed by atoms with Gasteiger partial charge in [-0.25, -0.2) is 8.42 Å². The number of amides is 1. The third kappa shape index (κ3) is 5.70. The van der Waals surface area contributed by atoms with Crippen molar-refractivity contribution in [3.63, 3.8) is 0 Å². The Balaban J connectivity index is 1.54. The Hall–Kier alpha value is -2.04. The SMILES string of the molecule is CCOCCn1c(=NC(=O)C2CCN(S(=O)(=O)c3ccc(Cl)cc3)CC2)sc2cc(C)c(C)cc21. The minimum Gasteiger partial charge on any atom is -0.380 e. The molecule has 0 atom stereocenters. The van der Waals surface area contributed by atoms with E-state index in [4.69, 9.17) is 16.3 Å². The molecule has 0 unspecified atom stereocenters. The lowest BCUT2D eigenvalue weighted by Crippen LogP contribution is -2.40. The zero-order valence-corrected chi connectivity index (χ0v) is 22.5. The first-order valence-electron chi connectivity index (χ1n) is 11.7. The lowest BCUT2D eigenvalue weighted by molar-refractivity contribution is -0.122. The van der Waals surface area contributed by atoms with Crippen molar-refractivity contribution in [3.8, 4) is 0 Å². The van der Waals surface area contributed by atoms with Gasteiger partial charge in [0.25, 0.3) is 5.91 Å². The zero-order valence-electron chi connectivity index (χ0n) is 20.2. The Bertz CT molecular complexity index is 1390. The van der Waals surface area contributed by atoms with Gasteiger partial charge < -0.3 is 9.30 Å². The molecule has 4 rings (SSSR count). The maximum atomic E-state index is 13.1. The van der Waals surface area contributed by atoms with Gasteiger partial charge in [0.15, 0.2) is 4.80 Å². The van der Waals surface area contributed by atoms with E-state index in [1.54, 1.807) is 12.1 Å². The highest BCUT2D eigenvalue weighted by Gasteiger charge is 2.32. The van der Waals surface area contributed by atoms with E-state index in [9.17, 15) is 13.2 Å². The van der Waals surface area contributed by atoms with Gasteiger partial charge >= 0.3 is 0 Å². The molecule has 0 spiro atoms. The first kappa shape index (κ1) is 26.0. The number of benzene rings is 2. The average Bonchev–Trinajstić information content (AvgIpc) is 3.15. The number of fused-ring (bicyclic) bond motifs is 1. The van der Waals surface area contributed by atoms with Gasteiger partial charge in [0, 0.05) is 37.2 Å². The van der Waals surface area contributed by atoms with Gasteiger partial charge in [-0.3, -0.25) is 4.79 Å². The summed E-state index contributed by atoms with van der Waals surface area (Å²) >= 11 is 7.39. The number of carbonyl (C=O) groups excluding carboxylic acids is 1. The Kier molecular flexibility index (Phi) is 8.12. The molecule has 10 heteroatoms. The second kappa shape index (κ2) is 10.9. The second-order valence-corrected chi connectivity index (χ2v) is 12.1. The van der Waals surface area contributed by atoms with Crippen LogP contribution in [0.15, 0.2) is 46.3 Å². The predicted octanol–water partition coefficient (Wildman–Crippen LogP) is 4.54. The topological polar surface area (TPSA) is 81.0 Å². The molecule has 1 amide bonds. The first-order chi connectivity index (χ1) is 16.7. The van der Waals surface area contributed by atoms with E-state index in [-0.39, 0.29) is 29.8 Å². The van der Waals surface area contributed by atoms with E-state index in [1.807, 2.05) is 6.92 Å². The number of sulfonamides is 1. The van der Waals surface area contributed by atoms with E-state index in [0.717, 1.165) is 10.2 Å². The van der Waals surface area contributed by atoms with Crippen LogP contribution in [0.2, 0.25) is 5.02 Å². The minimum atomic E-state index is -3.62. The highest BCUT2D eigenvalue weighted by atomic mass is 35.5. The number of hydrogen-bond donors (Lipinski definition) is 0. The Morgan fingerprint density at radius 1 is 1.14 bits per heavy atom. The number of ether oxygens (including phenoxy) is 1. The highest BCUT2D eigenvalue weighted by Crippen LogP contribution is 2.26. The Labute approximate surface area is 215 Å². The second-order valence-electron chi connectivity index (χ2n) is 8.72. The Morgan fingerprint density at radius 2 is 1.80 bits per heavy atom. The number of piperidine rings is 1. The molecule has 0 aliphatic carbocycles. The minimum absolute atomic E-state index is 0.196. The largest absolute Gasteiger partial charge is 0.380 e. The zero-order chi connectivity index (χ0) is 25.2. The van der Waals surface area contributed by atoms with Crippen LogP contribution in [0.1, 0.15) is 30.9 Å². The van der Waals surface area contributed by atoms with E-state index in [1.165, 1.54) is 38.9 Å². The van der Waals surface area contributed by atoms with E-state index in [0.29, 0.717) is 42.4 Å². The van der Waals surface area contributed by atoms with Crippen LogP contribution in [0.4, 0.5) is 0 Å². The summed E-state index contributed by atoms with van der Waals surface area (Å²) in [5.41, 5.74) is 3.43. The molecule has 2 aromatic carbocycles. The molecule has 3 aromatic rings. The van der Waals surface area contributed by atoms with Gasteiger partial charge in [-0.15, -0.1) is 0 Å². The van der Waals surface area contributed by atoms with Crippen molar-refractivity contribution in [2.24, 2.45) is 10.9 Å². The fraction of sp³-hybridized carbons (Fsp3) is 0.440. The third-order valence-corrected chi connectivity index (χ3v) is 9.63. The van der Waals surface area contributed by atoms with Gasteiger partial charge in [0.2, 0.25) is 10.0 Å². The summed E-state index contributed by atoms with van der Waals surface area (Å²) < 4.78 is 36.0. The monoisotopic (exact) mass is 535 g/mol. The molecule has 0 radical (unpaired) electrons. The first-order valence-corrected chi connectivity index (χ1v) is 14.4. The van der Waals surface area contributed by atoms with Crippen molar-refractivity contribution in [2.45, 2.75) is 45.1 Å². The van der Waals surface area contributed by atoms with Crippen LogP contribution in [0.5, 0.6) is 0 Å². The van der Waals surface area contributed by atoms with Crippen LogP contribution in [-0.4, -0.2) is 49.5 Å². The summed E-state index contributed by atoms with van der Waals surface area (Å²) in [7, 11) is -3.62. The standard InChI is InChI=1S/C25H30ClN3O4S2/c1-4-33-14-13-29-22-15-17(2)18(3)16-23(22)34-25(29)27-24(30)19-9-11-28(12-10-19)35(31,32)21-7-5-20(26)6-8-21/h5-8,15-16,19H,4,9-14H2,1-3H3. The normalized spacial score (nSPS) is 16.3. The van der Waals surface area contributed by atoms with Crippen molar-refractivity contribution in [3.05, 3.63) is 57.3 Å². The van der Waals surface area contributed by atoms with Crippen LogP contribution in [0.25, 0.3) is 10.2 Å². The molecule has 188 valence electrons. The van der Waals surface area contributed by atoms with Crippen molar-refractivity contribution < 1.29 is 17.9 Å². The summed E-state index contributed by atoms with van der Waals surface area (Å²) in [5, 5.41) is 0.486. The fourth-order valence-electron chi connectivity index (χ4n) is 4.21. The van der Waals surface area contributed by atoms with Crippen LogP contribution in [0.3, 0.4) is 0 Å². The van der Waals surface area contributed by atoms with Crippen molar-refractivity contribution in [1.82, 2.24) is 8.87 Å². The quantitative estimate of drug-likeness (QED) is 0.416. The van der Waals surface area contributed by atoms with E-state index in [2.05, 4.69) is 35.5 Å². The molecule has 1 aliphatic rings. The number of carbonyl (C=O) groups is 1. The summed E-state index contributed by atoms with van der Waals surface area (Å²) in [6, 6.07) is 10.4. The average molecular weight is 536 g/mol. The maximum absolute atomic E-state index is 13.1. The molecule has 7 nitrogen and oxygen atoms in total. The molecule has 1 aromatic heterocycles. The summed E-state index contributed by atoms with van der Waals surface area (Å²) in [6.07, 6.45) is 0.883. The summed E-state index contributed by atoms with van der Waals surface area (Å²) in [5.74, 6) is -0.501. The van der Waals surface area contributed by atoms with E-state index >= 15 is 0 Å². The van der Waals surface area contributed by atoms with E-state index < -0.39 is 10.0 Å². The molecule has 1 fully saturated rings. The number of halogens is 1. The predicted molar refractivity (Wildman–Crippen MR) is 139 cm³/mol. The molecule has 35 heavy (non-hydrogen) atoms. The number of hydrogen-bond acceptors (Lipinski definition) is 5. The molecule has 0 bridgehead atoms. The molecular weight excluding hydrogens is 506 g/mol. The van der Waals surface area contributed by atoms with Crippen LogP contribution < -0.4 is 4.80 Å². The van der Waals surface area contributed by atoms with Gasteiger partial charge in [0.05, 0.1) is 21.7 Å². The molecule has 1 saturated heterocycles. The van der Waals surface area contributed by atoms with Crippen LogP contribution >= 0.6 is 22.9 Å². The number of aromatic nitrogens is 1. The lowest BCUT2D eigenvalue weighted by atomic mass is 9.98. The summed E-state index contributed by atoms with van der Waals surface area (Å²) in [6.45, 7) is 8.46. The maximum Gasteiger partial charge on any atom is 0.251 e. The number of thiazole rings is 1. The smallest absolute Gasteiger partial charge is 0.251 e. The number of nitrogens with zero attached hydrogens (tertiary/aromatic N) is 3. The highest BCUT2D eigenvalue weighted by molar-refractivity contribution is 7.89. The van der Waals surface area contributed by atoms with Gasteiger partial charge in [0.1, 0.15) is 0 Å². The van der Waals surface area contributed by atoms with Crippen LogP contribution in [-0.2, 0) is 26.1 Å². The lowest BCUT2D eigenvalue weighted by Gasteiger charge is -2.29. The number of aryl methyl sites for hydroxylation is 2. The molecule has 0 N–H and O–H groups in total. The molecule has 2 heterocycles. The Morgan fingerprint density at radius 3 is 2.46 bits per heavy atom. The van der Waals surface area contributed by atoms with Crippen molar-refractivity contribution >= 4 is 49.1 Å². The summed E-state index contributed by atoms with van der Waals surface area (Å²) in [4.78, 5) is 18.5.